The molecule has 3 aromatic heterocycles. The maximum absolute atomic E-state index is 4.76. The zero-order chi connectivity index (χ0) is 15.5. The number of H-pyrrole nitrogens is 1. The Hall–Kier alpha value is -2.76. The van der Waals surface area contributed by atoms with Gasteiger partial charge >= 0.3 is 0 Å². The molecule has 6 nitrogen and oxygen atoms in total. The molecule has 6 heteroatoms. The molecule has 1 fully saturated rings. The molecule has 23 heavy (non-hydrogen) atoms. The van der Waals surface area contributed by atoms with Gasteiger partial charge in [0.05, 0.1) is 11.9 Å². The highest BCUT2D eigenvalue weighted by atomic mass is 15.2. The zero-order valence-electron chi connectivity index (χ0n) is 12.8. The fourth-order valence-electron chi connectivity index (χ4n) is 3.06. The maximum atomic E-state index is 4.76. The van der Waals surface area contributed by atoms with Gasteiger partial charge < -0.3 is 9.88 Å². The van der Waals surface area contributed by atoms with Crippen LogP contribution in [0.2, 0.25) is 0 Å². The number of rotatable bonds is 3. The van der Waals surface area contributed by atoms with Gasteiger partial charge in [0.25, 0.3) is 0 Å². The summed E-state index contributed by atoms with van der Waals surface area (Å²) in [6, 6.07) is 6.04. The van der Waals surface area contributed by atoms with E-state index in [1.54, 1.807) is 18.6 Å². The summed E-state index contributed by atoms with van der Waals surface area (Å²) in [4.78, 5) is 23.3. The van der Waals surface area contributed by atoms with Gasteiger partial charge in [-0.1, -0.05) is 6.07 Å². The summed E-state index contributed by atoms with van der Waals surface area (Å²) in [5.74, 6) is 2.16. The van der Waals surface area contributed by atoms with Crippen LogP contribution in [0.15, 0.2) is 49.2 Å². The third kappa shape index (κ3) is 2.92. The minimum atomic E-state index is 0.369. The fourth-order valence-corrected chi connectivity index (χ4v) is 3.06. The van der Waals surface area contributed by atoms with Crippen molar-refractivity contribution in [3.05, 3.63) is 54.9 Å². The van der Waals surface area contributed by atoms with Crippen LogP contribution in [-0.2, 0) is 0 Å². The molecule has 0 aliphatic carbocycles. The molecule has 0 bridgehead atoms. The summed E-state index contributed by atoms with van der Waals surface area (Å²) in [6.45, 7) is 1.96. The second kappa shape index (κ2) is 6.16. The molecule has 1 aliphatic rings. The number of anilines is 1. The van der Waals surface area contributed by atoms with Crippen LogP contribution in [-0.4, -0.2) is 38.0 Å². The van der Waals surface area contributed by atoms with Crippen LogP contribution >= 0.6 is 0 Å². The first-order chi connectivity index (χ1) is 11.4. The average molecular weight is 306 g/mol. The first kappa shape index (κ1) is 13.9. The van der Waals surface area contributed by atoms with Gasteiger partial charge in [-0.25, -0.2) is 15.0 Å². The van der Waals surface area contributed by atoms with E-state index >= 15 is 0 Å². The fraction of sp³-hybridized carbons (Fsp3) is 0.294. The number of nitrogens with one attached hydrogen (secondary N) is 1. The number of aromatic amines is 1. The van der Waals surface area contributed by atoms with E-state index in [0.29, 0.717) is 5.92 Å². The molecule has 116 valence electrons. The van der Waals surface area contributed by atoms with Crippen molar-refractivity contribution in [3.8, 4) is 11.5 Å². The molecule has 0 unspecified atom stereocenters. The number of aromatic nitrogens is 5. The van der Waals surface area contributed by atoms with Crippen LogP contribution in [0.1, 0.15) is 24.5 Å². The Kier molecular flexibility index (Phi) is 3.71. The number of imidazole rings is 1. The van der Waals surface area contributed by atoms with Crippen molar-refractivity contribution < 1.29 is 0 Å². The van der Waals surface area contributed by atoms with Crippen molar-refractivity contribution in [1.29, 1.82) is 0 Å². The Labute approximate surface area is 134 Å². The van der Waals surface area contributed by atoms with E-state index in [1.807, 2.05) is 24.5 Å². The third-order valence-electron chi connectivity index (χ3n) is 4.21. The Morgan fingerprint density at radius 3 is 2.96 bits per heavy atom. The van der Waals surface area contributed by atoms with Crippen molar-refractivity contribution in [1.82, 2.24) is 24.9 Å². The molecule has 1 saturated heterocycles. The zero-order valence-corrected chi connectivity index (χ0v) is 12.8. The maximum Gasteiger partial charge on any atom is 0.157 e. The molecule has 0 radical (unpaired) electrons. The highest BCUT2D eigenvalue weighted by Gasteiger charge is 2.23. The topological polar surface area (TPSA) is 70.6 Å². The van der Waals surface area contributed by atoms with Crippen molar-refractivity contribution >= 4 is 5.82 Å². The van der Waals surface area contributed by atoms with Crippen LogP contribution in [0, 0.1) is 0 Å². The number of hydrogen-bond acceptors (Lipinski definition) is 5. The van der Waals surface area contributed by atoms with Gasteiger partial charge in [-0.15, -0.1) is 0 Å². The largest absolute Gasteiger partial charge is 0.356 e. The van der Waals surface area contributed by atoms with Crippen LogP contribution in [0.3, 0.4) is 0 Å². The van der Waals surface area contributed by atoms with E-state index in [2.05, 4.69) is 30.9 Å². The summed E-state index contributed by atoms with van der Waals surface area (Å²) < 4.78 is 0. The molecular formula is C17H18N6. The second-order valence-electron chi connectivity index (χ2n) is 5.74. The lowest BCUT2D eigenvalue weighted by Gasteiger charge is -2.33. The first-order valence-electron chi connectivity index (χ1n) is 7.88. The summed E-state index contributed by atoms with van der Waals surface area (Å²) in [5, 5.41) is 0. The highest BCUT2D eigenvalue weighted by Crippen LogP contribution is 2.28. The summed E-state index contributed by atoms with van der Waals surface area (Å²) in [5.41, 5.74) is 1.82. The standard InChI is InChI=1S/C17H18N6/c1-2-6-19-16(5-1)23-9-3-4-13(12-23)14-10-18-11-15(22-14)17-20-7-8-21-17/h1-2,5-8,10-11,13H,3-4,9,12H2,(H,20,21)/t13-/m1/s1. The molecule has 1 aliphatic heterocycles. The smallest absolute Gasteiger partial charge is 0.157 e. The van der Waals surface area contributed by atoms with Crippen LogP contribution < -0.4 is 4.90 Å². The quantitative estimate of drug-likeness (QED) is 0.805. The van der Waals surface area contributed by atoms with E-state index in [1.165, 1.54) is 0 Å². The van der Waals surface area contributed by atoms with Gasteiger partial charge in [-0.3, -0.25) is 4.98 Å². The summed E-state index contributed by atoms with van der Waals surface area (Å²) in [6.07, 6.45) is 11.3. The van der Waals surface area contributed by atoms with Gasteiger partial charge in [0.1, 0.15) is 11.5 Å². The van der Waals surface area contributed by atoms with E-state index in [4.69, 9.17) is 4.98 Å². The van der Waals surface area contributed by atoms with Gasteiger partial charge in [0.15, 0.2) is 5.82 Å². The van der Waals surface area contributed by atoms with Crippen molar-refractivity contribution in [2.24, 2.45) is 0 Å². The lowest BCUT2D eigenvalue weighted by atomic mass is 9.95. The Bertz CT molecular complexity index is 756. The van der Waals surface area contributed by atoms with E-state index in [-0.39, 0.29) is 0 Å². The lowest BCUT2D eigenvalue weighted by Crippen LogP contribution is -2.35. The van der Waals surface area contributed by atoms with Crippen molar-refractivity contribution in [2.45, 2.75) is 18.8 Å². The van der Waals surface area contributed by atoms with Gasteiger partial charge in [0, 0.05) is 43.8 Å². The number of piperidine rings is 1. The number of hydrogen-bond donors (Lipinski definition) is 1. The predicted octanol–water partition coefficient (Wildman–Crippen LogP) is 2.65. The number of pyridine rings is 1. The van der Waals surface area contributed by atoms with Crippen LogP contribution in [0.4, 0.5) is 5.82 Å². The van der Waals surface area contributed by atoms with E-state index in [0.717, 1.165) is 49.0 Å². The van der Waals surface area contributed by atoms with E-state index in [9.17, 15) is 0 Å². The van der Waals surface area contributed by atoms with Crippen LogP contribution in [0.25, 0.3) is 11.5 Å². The first-order valence-corrected chi connectivity index (χ1v) is 7.88. The third-order valence-corrected chi connectivity index (χ3v) is 4.21. The normalized spacial score (nSPS) is 18.1. The Balaban J connectivity index is 1.57. The van der Waals surface area contributed by atoms with Crippen molar-refractivity contribution in [3.63, 3.8) is 0 Å². The van der Waals surface area contributed by atoms with Gasteiger partial charge in [-0.05, 0) is 25.0 Å². The molecular weight excluding hydrogens is 288 g/mol. The van der Waals surface area contributed by atoms with Gasteiger partial charge in [0.2, 0.25) is 0 Å². The SMILES string of the molecule is c1ccc(N2CCC[C@@H](c3cncc(-c4ncc[nH]4)n3)C2)nc1. The lowest BCUT2D eigenvalue weighted by molar-refractivity contribution is 0.497. The molecule has 0 spiro atoms. The van der Waals surface area contributed by atoms with E-state index < -0.39 is 0 Å². The summed E-state index contributed by atoms with van der Waals surface area (Å²) in [7, 11) is 0. The minimum Gasteiger partial charge on any atom is -0.356 e. The molecule has 1 N–H and O–H groups in total. The molecule has 1 atom stereocenters. The summed E-state index contributed by atoms with van der Waals surface area (Å²) >= 11 is 0. The number of nitrogens with zero attached hydrogens (tertiary/aromatic N) is 5. The monoisotopic (exact) mass is 306 g/mol. The van der Waals surface area contributed by atoms with Crippen molar-refractivity contribution in [2.75, 3.05) is 18.0 Å². The predicted molar refractivity (Wildman–Crippen MR) is 88.0 cm³/mol. The molecule has 0 saturated carbocycles. The molecule has 4 rings (SSSR count). The molecule has 0 amide bonds. The Morgan fingerprint density at radius 2 is 2.13 bits per heavy atom. The molecule has 3 aromatic rings. The average Bonchev–Trinajstić information content (AvgIpc) is 3.18. The van der Waals surface area contributed by atoms with Gasteiger partial charge in [-0.2, -0.15) is 0 Å². The Morgan fingerprint density at radius 1 is 1.13 bits per heavy atom. The van der Waals surface area contributed by atoms with Crippen LogP contribution in [0.5, 0.6) is 0 Å². The second-order valence-corrected chi connectivity index (χ2v) is 5.74. The highest BCUT2D eigenvalue weighted by molar-refractivity contribution is 5.47. The minimum absolute atomic E-state index is 0.369. The molecule has 4 heterocycles. The molecule has 0 aromatic carbocycles.